The van der Waals surface area contributed by atoms with Crippen molar-refractivity contribution in [2.45, 2.75) is 0 Å². The molecule has 1 amide bonds. The summed E-state index contributed by atoms with van der Waals surface area (Å²) < 4.78 is 4.93. The number of nitrogens with one attached hydrogen (secondary N) is 1. The minimum atomic E-state index is -0.639. The second kappa shape index (κ2) is 6.11. The van der Waals surface area contributed by atoms with E-state index >= 15 is 0 Å². The molecule has 0 heterocycles. The van der Waals surface area contributed by atoms with Gasteiger partial charge in [0.05, 0.1) is 23.4 Å². The summed E-state index contributed by atoms with van der Waals surface area (Å²) in [6.45, 7) is 0. The minimum Gasteiger partial charge on any atom is -0.504 e. The topological polar surface area (TPSA) is 78.8 Å². The molecule has 0 unspecified atom stereocenters. The maximum absolute atomic E-state index is 12.2. The fourth-order valence-electron chi connectivity index (χ4n) is 1.72. The van der Waals surface area contributed by atoms with Crippen LogP contribution >= 0.6 is 23.2 Å². The highest BCUT2D eigenvalue weighted by molar-refractivity contribution is 6.36. The molecular weight excluding hydrogens is 317 g/mol. The van der Waals surface area contributed by atoms with E-state index in [9.17, 15) is 15.0 Å². The maximum atomic E-state index is 12.2. The van der Waals surface area contributed by atoms with Gasteiger partial charge in [0.15, 0.2) is 17.2 Å². The Balaban J connectivity index is 2.35. The average Bonchev–Trinajstić information content (AvgIpc) is 2.44. The molecule has 0 aliphatic carbocycles. The molecule has 0 radical (unpaired) electrons. The second-order valence-corrected chi connectivity index (χ2v) is 4.94. The highest BCUT2D eigenvalue weighted by Gasteiger charge is 2.17. The summed E-state index contributed by atoms with van der Waals surface area (Å²) in [5.41, 5.74) is 0.0320. The van der Waals surface area contributed by atoms with Gasteiger partial charge in [-0.25, -0.2) is 0 Å². The molecule has 7 heteroatoms. The van der Waals surface area contributed by atoms with Crippen LogP contribution in [0.4, 0.5) is 5.69 Å². The first-order valence-electron chi connectivity index (χ1n) is 5.79. The lowest BCUT2D eigenvalue weighted by Gasteiger charge is -2.11. The summed E-state index contributed by atoms with van der Waals surface area (Å²) in [5, 5.41) is 22.4. The Labute approximate surface area is 130 Å². The van der Waals surface area contributed by atoms with E-state index in [-0.39, 0.29) is 38.5 Å². The van der Waals surface area contributed by atoms with E-state index in [4.69, 9.17) is 27.9 Å². The number of amides is 1. The van der Waals surface area contributed by atoms with E-state index in [2.05, 4.69) is 5.32 Å². The molecule has 0 atom stereocenters. The zero-order valence-corrected chi connectivity index (χ0v) is 12.4. The average molecular weight is 328 g/mol. The van der Waals surface area contributed by atoms with Gasteiger partial charge >= 0.3 is 0 Å². The van der Waals surface area contributed by atoms with Gasteiger partial charge in [-0.3, -0.25) is 4.79 Å². The predicted octanol–water partition coefficient (Wildman–Crippen LogP) is 3.67. The summed E-state index contributed by atoms with van der Waals surface area (Å²) in [4.78, 5) is 12.2. The molecule has 2 rings (SSSR count). The van der Waals surface area contributed by atoms with Gasteiger partial charge in [0.2, 0.25) is 0 Å². The quantitative estimate of drug-likeness (QED) is 0.751. The van der Waals surface area contributed by atoms with Crippen LogP contribution in [0.5, 0.6) is 17.2 Å². The van der Waals surface area contributed by atoms with Crippen LogP contribution in [0.1, 0.15) is 10.4 Å². The number of aromatic hydroxyl groups is 2. The fraction of sp³-hybridized carbons (Fsp3) is 0.0714. The Morgan fingerprint density at radius 2 is 1.90 bits per heavy atom. The van der Waals surface area contributed by atoms with Crippen molar-refractivity contribution in [3.63, 3.8) is 0 Å². The van der Waals surface area contributed by atoms with Crippen LogP contribution in [0, 0.1) is 0 Å². The number of ether oxygens (including phenoxy) is 1. The molecule has 2 aromatic carbocycles. The molecule has 0 spiro atoms. The van der Waals surface area contributed by atoms with Crippen molar-refractivity contribution in [1.29, 1.82) is 0 Å². The Kier molecular flexibility index (Phi) is 4.45. The number of rotatable bonds is 3. The smallest absolute Gasteiger partial charge is 0.259 e. The third kappa shape index (κ3) is 3.15. The van der Waals surface area contributed by atoms with Gasteiger partial charge in [-0.1, -0.05) is 29.3 Å². The molecule has 0 aliphatic heterocycles. The first kappa shape index (κ1) is 15.3. The molecule has 110 valence electrons. The van der Waals surface area contributed by atoms with Gasteiger partial charge in [-0.15, -0.1) is 0 Å². The highest BCUT2D eigenvalue weighted by Crippen LogP contribution is 2.36. The summed E-state index contributed by atoms with van der Waals surface area (Å²) in [7, 11) is 1.37. The number of hydrogen-bond acceptors (Lipinski definition) is 4. The van der Waals surface area contributed by atoms with Crippen LogP contribution in [0.15, 0.2) is 30.3 Å². The van der Waals surface area contributed by atoms with E-state index in [0.717, 1.165) is 0 Å². The molecule has 2 aromatic rings. The Bertz CT molecular complexity index is 704. The van der Waals surface area contributed by atoms with Gasteiger partial charge in [-0.05, 0) is 24.3 Å². The number of halogens is 2. The van der Waals surface area contributed by atoms with E-state index in [1.165, 1.54) is 31.4 Å². The lowest BCUT2D eigenvalue weighted by Crippen LogP contribution is -2.12. The summed E-state index contributed by atoms with van der Waals surface area (Å²) >= 11 is 11.6. The summed E-state index contributed by atoms with van der Waals surface area (Å²) in [5.74, 6) is -1.09. The van der Waals surface area contributed by atoms with Crippen molar-refractivity contribution in [3.05, 3.63) is 45.9 Å². The van der Waals surface area contributed by atoms with E-state index in [0.29, 0.717) is 0 Å². The molecule has 0 saturated heterocycles. The number of benzene rings is 2. The van der Waals surface area contributed by atoms with Crippen LogP contribution < -0.4 is 10.1 Å². The molecule has 0 aromatic heterocycles. The SMILES string of the molecule is COc1cccc(C(=O)Nc2cc(Cl)cc(Cl)c2O)c1O. The van der Waals surface area contributed by atoms with Gasteiger partial charge in [0, 0.05) is 5.02 Å². The molecule has 3 N–H and O–H groups in total. The largest absolute Gasteiger partial charge is 0.504 e. The Morgan fingerprint density at radius 3 is 2.57 bits per heavy atom. The minimum absolute atomic E-state index is 0.00710. The number of phenolic OH excluding ortho intramolecular Hbond substituents is 2. The third-order valence-electron chi connectivity index (χ3n) is 2.74. The zero-order valence-electron chi connectivity index (χ0n) is 10.9. The van der Waals surface area contributed by atoms with Gasteiger partial charge in [0.25, 0.3) is 5.91 Å². The number of methoxy groups -OCH3 is 1. The van der Waals surface area contributed by atoms with Crippen LogP contribution in [0.3, 0.4) is 0 Å². The molecule has 0 bridgehead atoms. The van der Waals surface area contributed by atoms with E-state index in [1.807, 2.05) is 0 Å². The second-order valence-electron chi connectivity index (χ2n) is 4.09. The van der Waals surface area contributed by atoms with Crippen LogP contribution in [0.25, 0.3) is 0 Å². The highest BCUT2D eigenvalue weighted by atomic mass is 35.5. The fourth-order valence-corrected chi connectivity index (χ4v) is 2.21. The van der Waals surface area contributed by atoms with Crippen LogP contribution in [-0.4, -0.2) is 23.2 Å². The zero-order chi connectivity index (χ0) is 15.6. The van der Waals surface area contributed by atoms with Crippen molar-refractivity contribution in [2.24, 2.45) is 0 Å². The van der Waals surface area contributed by atoms with Crippen molar-refractivity contribution in [2.75, 3.05) is 12.4 Å². The first-order chi connectivity index (χ1) is 9.93. The van der Waals surface area contributed by atoms with Crippen LogP contribution in [-0.2, 0) is 0 Å². The molecule has 5 nitrogen and oxygen atoms in total. The summed E-state index contributed by atoms with van der Waals surface area (Å²) in [6.07, 6.45) is 0. The molecule has 0 aliphatic rings. The van der Waals surface area contributed by atoms with Gasteiger partial charge in [-0.2, -0.15) is 0 Å². The number of anilines is 1. The first-order valence-corrected chi connectivity index (χ1v) is 6.55. The van der Waals surface area contributed by atoms with E-state index in [1.54, 1.807) is 6.07 Å². The molecule has 0 fully saturated rings. The monoisotopic (exact) mass is 327 g/mol. The van der Waals surface area contributed by atoms with Gasteiger partial charge < -0.3 is 20.3 Å². The molecular formula is C14H11Cl2NO4. The lowest BCUT2D eigenvalue weighted by atomic mass is 10.1. The maximum Gasteiger partial charge on any atom is 0.259 e. The summed E-state index contributed by atoms with van der Waals surface area (Å²) in [6, 6.07) is 7.17. The van der Waals surface area contributed by atoms with Crippen molar-refractivity contribution in [3.8, 4) is 17.2 Å². The van der Waals surface area contributed by atoms with Crippen LogP contribution in [0.2, 0.25) is 10.0 Å². The Hall–Kier alpha value is -2.11. The van der Waals surface area contributed by atoms with Crippen molar-refractivity contribution in [1.82, 2.24) is 0 Å². The molecule has 21 heavy (non-hydrogen) atoms. The number of carbonyl (C=O) groups excluding carboxylic acids is 1. The number of phenols is 2. The molecule has 0 saturated carbocycles. The van der Waals surface area contributed by atoms with Crippen molar-refractivity contribution >= 4 is 34.8 Å². The third-order valence-corrected chi connectivity index (χ3v) is 3.25. The Morgan fingerprint density at radius 1 is 1.19 bits per heavy atom. The standard InChI is InChI=1S/C14H11Cl2NO4/c1-21-11-4-2-3-8(12(11)18)14(20)17-10-6-7(15)5-9(16)13(10)19/h2-6,18-19H,1H3,(H,17,20). The van der Waals surface area contributed by atoms with Gasteiger partial charge in [0.1, 0.15) is 0 Å². The number of carbonyl (C=O) groups is 1. The number of hydrogen-bond donors (Lipinski definition) is 3. The lowest BCUT2D eigenvalue weighted by molar-refractivity contribution is 0.102. The normalized spacial score (nSPS) is 10.2. The number of para-hydroxylation sites is 1. The van der Waals surface area contributed by atoms with Crippen molar-refractivity contribution < 1.29 is 19.7 Å². The van der Waals surface area contributed by atoms with E-state index < -0.39 is 5.91 Å². The predicted molar refractivity (Wildman–Crippen MR) is 80.7 cm³/mol.